The maximum atomic E-state index is 10.6. The number of carboxylic acids is 1. The Morgan fingerprint density at radius 2 is 2.30 bits per heavy atom. The third-order valence-electron chi connectivity index (χ3n) is 2.17. The number of alkyl halides is 1. The molecule has 0 bridgehead atoms. The molecule has 1 aliphatic carbocycles. The molecule has 2 nitrogen and oxygen atoms in total. The van der Waals surface area contributed by atoms with E-state index in [-0.39, 0.29) is 5.92 Å². The van der Waals surface area contributed by atoms with Crippen LogP contribution in [0.4, 0.5) is 0 Å². The van der Waals surface area contributed by atoms with Crippen LogP contribution in [0, 0.1) is 11.8 Å². The topological polar surface area (TPSA) is 37.3 Å². The zero-order valence-corrected chi connectivity index (χ0v) is 7.87. The van der Waals surface area contributed by atoms with Gasteiger partial charge in [0, 0.05) is 4.43 Å². The molecule has 10 heavy (non-hydrogen) atoms. The molecule has 1 aliphatic rings. The van der Waals surface area contributed by atoms with Gasteiger partial charge in [-0.1, -0.05) is 29.0 Å². The molecular formula is C7H11IO2. The van der Waals surface area contributed by atoms with Crippen molar-refractivity contribution in [2.45, 2.75) is 19.3 Å². The van der Waals surface area contributed by atoms with Crippen LogP contribution in [-0.2, 0) is 4.79 Å². The Labute approximate surface area is 74.1 Å². The molecule has 0 aromatic carbocycles. The molecule has 2 unspecified atom stereocenters. The predicted octanol–water partition coefficient (Wildman–Crippen LogP) is 1.92. The molecule has 3 heteroatoms. The minimum atomic E-state index is -0.598. The highest BCUT2D eigenvalue weighted by Crippen LogP contribution is 2.32. The van der Waals surface area contributed by atoms with Gasteiger partial charge in [-0.05, 0) is 18.8 Å². The van der Waals surface area contributed by atoms with Crippen LogP contribution in [0.25, 0.3) is 0 Å². The second kappa shape index (κ2) is 3.55. The van der Waals surface area contributed by atoms with E-state index in [0.29, 0.717) is 5.92 Å². The average Bonchev–Trinajstić information content (AvgIpc) is 2.33. The van der Waals surface area contributed by atoms with Crippen molar-refractivity contribution in [2.24, 2.45) is 11.8 Å². The lowest BCUT2D eigenvalue weighted by molar-refractivity contribution is -0.142. The zero-order valence-electron chi connectivity index (χ0n) is 5.72. The number of carboxylic acid groups (broad SMARTS) is 1. The summed E-state index contributed by atoms with van der Waals surface area (Å²) in [5, 5.41) is 8.71. The van der Waals surface area contributed by atoms with Crippen molar-refractivity contribution in [3.63, 3.8) is 0 Å². The average molecular weight is 254 g/mol. The lowest BCUT2D eigenvalue weighted by atomic mass is 9.99. The summed E-state index contributed by atoms with van der Waals surface area (Å²) in [5.41, 5.74) is 0. The first kappa shape index (κ1) is 8.30. The maximum Gasteiger partial charge on any atom is 0.306 e. The SMILES string of the molecule is O=C(O)C1CCCC1CI. The van der Waals surface area contributed by atoms with Gasteiger partial charge >= 0.3 is 5.97 Å². The Balaban J connectivity index is 2.50. The Morgan fingerprint density at radius 3 is 2.70 bits per heavy atom. The number of hydrogen-bond donors (Lipinski definition) is 1. The van der Waals surface area contributed by atoms with Gasteiger partial charge in [0.1, 0.15) is 0 Å². The Kier molecular flexibility index (Phi) is 2.95. The highest BCUT2D eigenvalue weighted by molar-refractivity contribution is 14.1. The third-order valence-corrected chi connectivity index (χ3v) is 3.31. The van der Waals surface area contributed by atoms with Crippen LogP contribution in [0.2, 0.25) is 0 Å². The van der Waals surface area contributed by atoms with E-state index < -0.39 is 5.97 Å². The van der Waals surface area contributed by atoms with Crippen molar-refractivity contribution in [2.75, 3.05) is 4.43 Å². The summed E-state index contributed by atoms with van der Waals surface area (Å²) in [5.74, 6) is -0.200. The van der Waals surface area contributed by atoms with Crippen LogP contribution in [0.15, 0.2) is 0 Å². The quantitative estimate of drug-likeness (QED) is 0.603. The summed E-state index contributed by atoms with van der Waals surface area (Å²) in [7, 11) is 0. The van der Waals surface area contributed by atoms with E-state index >= 15 is 0 Å². The van der Waals surface area contributed by atoms with Gasteiger partial charge < -0.3 is 5.11 Å². The third kappa shape index (κ3) is 1.62. The molecule has 0 aliphatic heterocycles. The molecule has 0 aromatic heterocycles. The van der Waals surface area contributed by atoms with Gasteiger partial charge in [-0.15, -0.1) is 0 Å². The molecule has 0 heterocycles. The normalized spacial score (nSPS) is 32.5. The lowest BCUT2D eigenvalue weighted by Gasteiger charge is -2.10. The molecule has 2 atom stereocenters. The summed E-state index contributed by atoms with van der Waals surface area (Å²) in [6, 6.07) is 0. The van der Waals surface area contributed by atoms with Crippen LogP contribution < -0.4 is 0 Å². The molecule has 0 amide bonds. The Morgan fingerprint density at radius 1 is 1.60 bits per heavy atom. The number of rotatable bonds is 2. The van der Waals surface area contributed by atoms with Crippen LogP contribution in [0.5, 0.6) is 0 Å². The van der Waals surface area contributed by atoms with E-state index in [1.807, 2.05) is 0 Å². The summed E-state index contributed by atoms with van der Waals surface area (Å²) in [4.78, 5) is 10.6. The van der Waals surface area contributed by atoms with Crippen molar-refractivity contribution in [1.82, 2.24) is 0 Å². The van der Waals surface area contributed by atoms with E-state index in [1.165, 1.54) is 0 Å². The van der Waals surface area contributed by atoms with Crippen LogP contribution in [-0.4, -0.2) is 15.5 Å². The van der Waals surface area contributed by atoms with Gasteiger partial charge in [0.25, 0.3) is 0 Å². The smallest absolute Gasteiger partial charge is 0.306 e. The van der Waals surface area contributed by atoms with Crippen LogP contribution >= 0.6 is 22.6 Å². The van der Waals surface area contributed by atoms with Gasteiger partial charge in [-0.25, -0.2) is 0 Å². The van der Waals surface area contributed by atoms with Crippen molar-refractivity contribution < 1.29 is 9.90 Å². The van der Waals surface area contributed by atoms with Crippen molar-refractivity contribution in [3.8, 4) is 0 Å². The van der Waals surface area contributed by atoms with Crippen molar-refractivity contribution in [1.29, 1.82) is 0 Å². The predicted molar refractivity (Wildman–Crippen MR) is 47.4 cm³/mol. The second-order valence-electron chi connectivity index (χ2n) is 2.79. The second-order valence-corrected chi connectivity index (χ2v) is 3.67. The summed E-state index contributed by atoms with van der Waals surface area (Å²) >= 11 is 2.27. The molecule has 0 spiro atoms. The first-order chi connectivity index (χ1) is 4.75. The van der Waals surface area contributed by atoms with E-state index in [1.54, 1.807) is 0 Å². The van der Waals surface area contributed by atoms with Gasteiger partial charge in [0.05, 0.1) is 5.92 Å². The molecular weight excluding hydrogens is 243 g/mol. The summed E-state index contributed by atoms with van der Waals surface area (Å²) in [6.07, 6.45) is 3.10. The van der Waals surface area contributed by atoms with E-state index in [9.17, 15) is 4.79 Å². The largest absolute Gasteiger partial charge is 0.481 e. The lowest BCUT2D eigenvalue weighted by Crippen LogP contribution is -2.18. The van der Waals surface area contributed by atoms with Gasteiger partial charge in [-0.3, -0.25) is 4.79 Å². The summed E-state index contributed by atoms with van der Waals surface area (Å²) in [6.45, 7) is 0. The summed E-state index contributed by atoms with van der Waals surface area (Å²) < 4.78 is 0.995. The van der Waals surface area contributed by atoms with E-state index in [4.69, 9.17) is 5.11 Å². The molecule has 0 saturated heterocycles. The highest BCUT2D eigenvalue weighted by atomic mass is 127. The molecule has 0 radical (unpaired) electrons. The first-order valence-electron chi connectivity index (χ1n) is 3.54. The minimum Gasteiger partial charge on any atom is -0.481 e. The fourth-order valence-corrected chi connectivity index (χ4v) is 2.60. The van der Waals surface area contributed by atoms with E-state index in [2.05, 4.69) is 22.6 Å². The van der Waals surface area contributed by atoms with Crippen LogP contribution in [0.1, 0.15) is 19.3 Å². The number of aliphatic carboxylic acids is 1. The number of carbonyl (C=O) groups is 1. The van der Waals surface area contributed by atoms with Gasteiger partial charge in [-0.2, -0.15) is 0 Å². The zero-order chi connectivity index (χ0) is 7.56. The monoisotopic (exact) mass is 254 g/mol. The number of hydrogen-bond acceptors (Lipinski definition) is 1. The molecule has 1 saturated carbocycles. The van der Waals surface area contributed by atoms with Crippen molar-refractivity contribution in [3.05, 3.63) is 0 Å². The Bertz CT molecular complexity index is 136. The fourth-order valence-electron chi connectivity index (χ4n) is 1.55. The maximum absolute atomic E-state index is 10.6. The molecule has 1 fully saturated rings. The molecule has 0 aromatic rings. The molecule has 58 valence electrons. The Hall–Kier alpha value is 0.200. The van der Waals surface area contributed by atoms with Gasteiger partial charge in [0.15, 0.2) is 0 Å². The van der Waals surface area contributed by atoms with Gasteiger partial charge in [0.2, 0.25) is 0 Å². The van der Waals surface area contributed by atoms with Crippen molar-refractivity contribution >= 4 is 28.6 Å². The first-order valence-corrected chi connectivity index (χ1v) is 5.07. The van der Waals surface area contributed by atoms with E-state index in [0.717, 1.165) is 23.7 Å². The molecule has 1 N–H and O–H groups in total. The van der Waals surface area contributed by atoms with Crippen LogP contribution in [0.3, 0.4) is 0 Å². The minimum absolute atomic E-state index is 0.0445. The highest BCUT2D eigenvalue weighted by Gasteiger charge is 2.31. The number of halogens is 1. The molecule has 1 rings (SSSR count). The standard InChI is InChI=1S/C7H11IO2/c8-4-5-2-1-3-6(5)7(9)10/h5-6H,1-4H2,(H,9,10). The fraction of sp³-hybridized carbons (Fsp3) is 0.857.